The number of rotatable bonds is 5. The molecule has 5 heteroatoms. The fourth-order valence-corrected chi connectivity index (χ4v) is 3.53. The monoisotopic (exact) mass is 349 g/mol. The van der Waals surface area contributed by atoms with E-state index in [4.69, 9.17) is 9.26 Å². The van der Waals surface area contributed by atoms with Crippen molar-refractivity contribution in [3.8, 4) is 17.1 Å². The highest BCUT2D eigenvalue weighted by Crippen LogP contribution is 2.33. The Balaban J connectivity index is 1.48. The van der Waals surface area contributed by atoms with Crippen molar-refractivity contribution in [3.63, 3.8) is 0 Å². The number of methoxy groups -OCH3 is 1. The Kier molecular flexibility index (Phi) is 4.71. The molecule has 1 aromatic heterocycles. The van der Waals surface area contributed by atoms with Crippen LogP contribution in [0.3, 0.4) is 0 Å². The van der Waals surface area contributed by atoms with Crippen molar-refractivity contribution in [2.24, 2.45) is 0 Å². The number of aromatic nitrogens is 2. The van der Waals surface area contributed by atoms with Crippen LogP contribution in [0.5, 0.6) is 5.75 Å². The Labute approximate surface area is 153 Å². The molecule has 26 heavy (non-hydrogen) atoms. The maximum absolute atomic E-state index is 5.51. The smallest absolute Gasteiger partial charge is 0.241 e. The van der Waals surface area contributed by atoms with Crippen LogP contribution in [-0.4, -0.2) is 28.7 Å². The third-order valence-electron chi connectivity index (χ3n) is 4.98. The van der Waals surface area contributed by atoms with Crippen LogP contribution in [0, 0.1) is 6.92 Å². The summed E-state index contributed by atoms with van der Waals surface area (Å²) in [6.07, 6.45) is 2.32. The van der Waals surface area contributed by atoms with Gasteiger partial charge in [0.25, 0.3) is 0 Å². The Morgan fingerprint density at radius 3 is 2.62 bits per heavy atom. The first kappa shape index (κ1) is 16.8. The van der Waals surface area contributed by atoms with E-state index in [1.807, 2.05) is 24.3 Å². The van der Waals surface area contributed by atoms with Gasteiger partial charge in [0.05, 0.1) is 13.7 Å². The lowest BCUT2D eigenvalue weighted by Gasteiger charge is -2.23. The number of likely N-dealkylation sites (tertiary alicyclic amines) is 1. The van der Waals surface area contributed by atoms with E-state index in [1.54, 1.807) is 7.11 Å². The molecule has 1 aliphatic rings. The molecule has 0 saturated carbocycles. The maximum atomic E-state index is 5.51. The highest BCUT2D eigenvalue weighted by molar-refractivity contribution is 5.54. The highest BCUT2D eigenvalue weighted by Gasteiger charge is 2.27. The molecule has 4 rings (SSSR count). The Morgan fingerprint density at radius 2 is 1.88 bits per heavy atom. The molecule has 0 amide bonds. The quantitative estimate of drug-likeness (QED) is 0.684. The molecule has 0 bridgehead atoms. The minimum absolute atomic E-state index is 0.385. The van der Waals surface area contributed by atoms with E-state index >= 15 is 0 Å². The van der Waals surface area contributed by atoms with Crippen LogP contribution in [0.4, 0.5) is 0 Å². The van der Waals surface area contributed by atoms with Crippen LogP contribution < -0.4 is 4.74 Å². The number of ether oxygens (including phenoxy) is 1. The van der Waals surface area contributed by atoms with Gasteiger partial charge in [-0.25, -0.2) is 0 Å². The number of hydrogen-bond acceptors (Lipinski definition) is 5. The van der Waals surface area contributed by atoms with Crippen molar-refractivity contribution >= 4 is 0 Å². The molecule has 5 nitrogen and oxygen atoms in total. The van der Waals surface area contributed by atoms with Crippen molar-refractivity contribution < 1.29 is 9.26 Å². The molecule has 1 aliphatic heterocycles. The van der Waals surface area contributed by atoms with Crippen LogP contribution in [0.2, 0.25) is 0 Å². The van der Waals surface area contributed by atoms with Gasteiger partial charge in [0.15, 0.2) is 0 Å². The zero-order valence-electron chi connectivity index (χ0n) is 15.2. The molecule has 0 radical (unpaired) electrons. The number of nitrogens with zero attached hydrogens (tertiary/aromatic N) is 3. The summed E-state index contributed by atoms with van der Waals surface area (Å²) in [6, 6.07) is 16.9. The Hall–Kier alpha value is -2.66. The zero-order chi connectivity index (χ0) is 17.9. The summed E-state index contributed by atoms with van der Waals surface area (Å²) in [5.41, 5.74) is 3.51. The number of hydrogen-bond donors (Lipinski definition) is 0. The van der Waals surface area contributed by atoms with Crippen LogP contribution in [-0.2, 0) is 6.54 Å². The standard InChI is InChI=1S/C21H23N3O2/c1-15-5-7-17(8-6-15)21-22-20(26-23-21)14-24-13-3-4-19(24)16-9-11-18(25-2)12-10-16/h5-12,19H,3-4,13-14H2,1-2H3/t19-/m1/s1. The maximum Gasteiger partial charge on any atom is 0.241 e. The Bertz CT molecular complexity index is 856. The summed E-state index contributed by atoms with van der Waals surface area (Å²) in [5, 5.41) is 4.15. The zero-order valence-corrected chi connectivity index (χ0v) is 15.2. The minimum Gasteiger partial charge on any atom is -0.497 e. The summed E-state index contributed by atoms with van der Waals surface area (Å²) in [5.74, 6) is 2.21. The second-order valence-electron chi connectivity index (χ2n) is 6.78. The molecule has 1 atom stereocenters. The van der Waals surface area contributed by atoms with E-state index in [-0.39, 0.29) is 0 Å². The van der Waals surface area contributed by atoms with Crippen LogP contribution in [0.25, 0.3) is 11.4 Å². The topological polar surface area (TPSA) is 51.4 Å². The molecule has 1 saturated heterocycles. The lowest BCUT2D eigenvalue weighted by atomic mass is 10.0. The van der Waals surface area contributed by atoms with Crippen molar-refractivity contribution in [2.45, 2.75) is 32.4 Å². The lowest BCUT2D eigenvalue weighted by molar-refractivity contribution is 0.212. The van der Waals surface area contributed by atoms with Crippen LogP contribution in [0.15, 0.2) is 53.1 Å². The molecule has 2 heterocycles. The van der Waals surface area contributed by atoms with Crippen molar-refractivity contribution in [1.29, 1.82) is 0 Å². The highest BCUT2D eigenvalue weighted by atomic mass is 16.5. The van der Waals surface area contributed by atoms with Gasteiger partial charge in [-0.15, -0.1) is 0 Å². The van der Waals surface area contributed by atoms with E-state index in [1.165, 1.54) is 17.5 Å². The van der Waals surface area contributed by atoms with E-state index in [0.717, 1.165) is 24.3 Å². The van der Waals surface area contributed by atoms with E-state index in [2.05, 4.69) is 46.2 Å². The predicted molar refractivity (Wildman–Crippen MR) is 99.9 cm³/mol. The third kappa shape index (κ3) is 3.48. The molecule has 0 spiro atoms. The van der Waals surface area contributed by atoms with Crippen molar-refractivity contribution in [1.82, 2.24) is 15.0 Å². The van der Waals surface area contributed by atoms with E-state index in [0.29, 0.717) is 24.3 Å². The lowest BCUT2D eigenvalue weighted by Crippen LogP contribution is -2.22. The summed E-state index contributed by atoms with van der Waals surface area (Å²) in [4.78, 5) is 7.00. The van der Waals surface area contributed by atoms with Gasteiger partial charge in [-0.3, -0.25) is 4.90 Å². The molecule has 2 aromatic carbocycles. The van der Waals surface area contributed by atoms with E-state index < -0.39 is 0 Å². The van der Waals surface area contributed by atoms with Gasteiger partial charge in [-0.2, -0.15) is 4.98 Å². The molecule has 3 aromatic rings. The van der Waals surface area contributed by atoms with E-state index in [9.17, 15) is 0 Å². The van der Waals surface area contributed by atoms with Gasteiger partial charge in [0.2, 0.25) is 11.7 Å². The van der Waals surface area contributed by atoms with Gasteiger partial charge in [0.1, 0.15) is 5.75 Å². The van der Waals surface area contributed by atoms with Crippen molar-refractivity contribution in [3.05, 3.63) is 65.5 Å². The first-order valence-corrected chi connectivity index (χ1v) is 9.00. The fourth-order valence-electron chi connectivity index (χ4n) is 3.53. The summed E-state index contributed by atoms with van der Waals surface area (Å²) in [6.45, 7) is 3.78. The molecular formula is C21H23N3O2. The average molecular weight is 349 g/mol. The summed E-state index contributed by atoms with van der Waals surface area (Å²) < 4.78 is 10.8. The molecule has 0 unspecified atom stereocenters. The molecule has 0 aliphatic carbocycles. The van der Waals surface area contributed by atoms with Gasteiger partial charge >= 0.3 is 0 Å². The van der Waals surface area contributed by atoms with Crippen LogP contribution >= 0.6 is 0 Å². The summed E-state index contributed by atoms with van der Waals surface area (Å²) >= 11 is 0. The van der Waals surface area contributed by atoms with Gasteiger partial charge in [-0.1, -0.05) is 47.1 Å². The fraction of sp³-hybridized carbons (Fsp3) is 0.333. The Morgan fingerprint density at radius 1 is 1.12 bits per heavy atom. The minimum atomic E-state index is 0.385. The molecule has 1 fully saturated rings. The molecule has 134 valence electrons. The second-order valence-corrected chi connectivity index (χ2v) is 6.78. The number of benzene rings is 2. The van der Waals surface area contributed by atoms with Gasteiger partial charge in [-0.05, 0) is 44.0 Å². The van der Waals surface area contributed by atoms with Crippen molar-refractivity contribution in [2.75, 3.05) is 13.7 Å². The van der Waals surface area contributed by atoms with Gasteiger partial charge < -0.3 is 9.26 Å². The SMILES string of the molecule is COc1ccc([C@H]2CCCN2Cc2nc(-c3ccc(C)cc3)no2)cc1. The first-order chi connectivity index (χ1) is 12.7. The second kappa shape index (κ2) is 7.30. The first-order valence-electron chi connectivity index (χ1n) is 9.00. The number of aryl methyl sites for hydroxylation is 1. The normalized spacial score (nSPS) is 17.5. The largest absolute Gasteiger partial charge is 0.497 e. The molecule has 0 N–H and O–H groups in total. The third-order valence-corrected chi connectivity index (χ3v) is 4.98. The average Bonchev–Trinajstić information content (AvgIpc) is 3.33. The summed E-state index contributed by atoms with van der Waals surface area (Å²) in [7, 11) is 1.69. The molecular weight excluding hydrogens is 326 g/mol. The van der Waals surface area contributed by atoms with Gasteiger partial charge in [0, 0.05) is 11.6 Å². The predicted octanol–water partition coefficient (Wildman–Crippen LogP) is 4.39. The van der Waals surface area contributed by atoms with Crippen LogP contribution in [0.1, 0.15) is 35.9 Å².